The van der Waals surface area contributed by atoms with E-state index in [9.17, 15) is 14.4 Å². The monoisotopic (exact) mass is 340 g/mol. The van der Waals surface area contributed by atoms with E-state index in [-0.39, 0.29) is 12.3 Å². The van der Waals surface area contributed by atoms with Crippen molar-refractivity contribution in [3.05, 3.63) is 71.3 Å². The maximum atomic E-state index is 12.4. The van der Waals surface area contributed by atoms with Gasteiger partial charge in [-0.05, 0) is 23.3 Å². The van der Waals surface area contributed by atoms with Gasteiger partial charge in [0, 0.05) is 12.3 Å². The van der Waals surface area contributed by atoms with Gasteiger partial charge in [-0.3, -0.25) is 4.79 Å². The minimum absolute atomic E-state index is 0.183. The van der Waals surface area contributed by atoms with Crippen LogP contribution in [0.5, 0.6) is 0 Å². The Morgan fingerprint density at radius 2 is 1.56 bits per heavy atom. The zero-order valence-electron chi connectivity index (χ0n) is 14.2. The van der Waals surface area contributed by atoms with E-state index in [0.29, 0.717) is 11.1 Å². The minimum Gasteiger partial charge on any atom is -0.469 e. The molecule has 5 heteroatoms. The van der Waals surface area contributed by atoms with E-state index in [1.54, 1.807) is 24.3 Å². The van der Waals surface area contributed by atoms with Crippen molar-refractivity contribution in [3.8, 4) is 0 Å². The Balaban J connectivity index is 2.45. The van der Waals surface area contributed by atoms with Gasteiger partial charge in [0.25, 0.3) is 0 Å². The average Bonchev–Trinajstić information content (AvgIpc) is 2.67. The molecule has 0 aromatic heterocycles. The van der Waals surface area contributed by atoms with Gasteiger partial charge in [-0.1, -0.05) is 42.5 Å². The summed E-state index contributed by atoms with van der Waals surface area (Å²) in [7, 11) is 2.63. The number of rotatable bonds is 7. The average molecular weight is 340 g/mol. The number of carbonyl (C=O) groups is 3. The fourth-order valence-corrected chi connectivity index (χ4v) is 2.87. The first-order valence-electron chi connectivity index (χ1n) is 7.87. The van der Waals surface area contributed by atoms with E-state index >= 15 is 0 Å². The molecule has 2 atom stereocenters. The molecule has 130 valence electrons. The Labute approximate surface area is 146 Å². The zero-order chi connectivity index (χ0) is 18.2. The Bertz CT molecular complexity index is 722. The van der Waals surface area contributed by atoms with Crippen LogP contribution in [0.3, 0.4) is 0 Å². The van der Waals surface area contributed by atoms with E-state index in [0.717, 1.165) is 11.8 Å². The third-order valence-electron chi connectivity index (χ3n) is 4.13. The van der Waals surface area contributed by atoms with Crippen LogP contribution in [0.25, 0.3) is 0 Å². The topological polar surface area (TPSA) is 69.7 Å². The van der Waals surface area contributed by atoms with Crippen molar-refractivity contribution >= 4 is 18.2 Å². The number of hydrogen-bond acceptors (Lipinski definition) is 5. The third kappa shape index (κ3) is 4.32. The first-order chi connectivity index (χ1) is 12.1. The number of benzene rings is 2. The predicted molar refractivity (Wildman–Crippen MR) is 92.4 cm³/mol. The van der Waals surface area contributed by atoms with E-state index < -0.39 is 17.9 Å². The van der Waals surface area contributed by atoms with Crippen molar-refractivity contribution in [2.45, 2.75) is 18.3 Å². The molecule has 0 aliphatic heterocycles. The Morgan fingerprint density at radius 3 is 2.08 bits per heavy atom. The Kier molecular flexibility index (Phi) is 6.46. The number of ether oxygens (including phenoxy) is 2. The van der Waals surface area contributed by atoms with E-state index in [1.165, 1.54) is 14.2 Å². The molecule has 0 saturated heterocycles. The summed E-state index contributed by atoms with van der Waals surface area (Å²) in [5, 5.41) is 0. The molecule has 2 rings (SSSR count). The molecule has 5 nitrogen and oxygen atoms in total. The molecular weight excluding hydrogens is 320 g/mol. The van der Waals surface area contributed by atoms with Gasteiger partial charge in [-0.15, -0.1) is 0 Å². The smallest absolute Gasteiger partial charge is 0.337 e. The summed E-state index contributed by atoms with van der Waals surface area (Å²) in [5.41, 5.74) is 1.94. The SMILES string of the molecule is COC(=O)c1ccc([C@H](C(=O)OC)[C@@H](CC=O)c2ccccc2)cc1. The maximum absolute atomic E-state index is 12.4. The van der Waals surface area contributed by atoms with Crippen LogP contribution in [-0.2, 0) is 19.1 Å². The van der Waals surface area contributed by atoms with Crippen LogP contribution in [0, 0.1) is 0 Å². The van der Waals surface area contributed by atoms with Gasteiger partial charge in [0.05, 0.1) is 25.7 Å². The highest BCUT2D eigenvalue weighted by Crippen LogP contribution is 2.36. The molecule has 0 unspecified atom stereocenters. The van der Waals surface area contributed by atoms with Gasteiger partial charge in [0.1, 0.15) is 6.29 Å². The summed E-state index contributed by atoms with van der Waals surface area (Å²) in [6, 6.07) is 15.9. The van der Waals surface area contributed by atoms with Crippen LogP contribution in [-0.4, -0.2) is 32.4 Å². The van der Waals surface area contributed by atoms with Crippen molar-refractivity contribution < 1.29 is 23.9 Å². The molecular formula is C20H20O5. The molecule has 0 saturated carbocycles. The van der Waals surface area contributed by atoms with Gasteiger partial charge in [0.15, 0.2) is 0 Å². The lowest BCUT2D eigenvalue weighted by Gasteiger charge is -2.24. The molecule has 0 fully saturated rings. The molecule has 2 aromatic carbocycles. The summed E-state index contributed by atoms with van der Waals surface area (Å²) >= 11 is 0. The summed E-state index contributed by atoms with van der Waals surface area (Å²) < 4.78 is 9.65. The fraction of sp³-hybridized carbons (Fsp3) is 0.250. The minimum atomic E-state index is -0.649. The second-order valence-electron chi connectivity index (χ2n) is 5.53. The molecule has 2 aromatic rings. The maximum Gasteiger partial charge on any atom is 0.337 e. The molecule has 0 amide bonds. The van der Waals surface area contributed by atoms with Gasteiger partial charge >= 0.3 is 11.9 Å². The van der Waals surface area contributed by atoms with Crippen molar-refractivity contribution in [2.75, 3.05) is 14.2 Å². The molecule has 0 N–H and O–H groups in total. The summed E-state index contributed by atoms with van der Waals surface area (Å²) in [4.78, 5) is 35.2. The van der Waals surface area contributed by atoms with Crippen molar-refractivity contribution in [3.63, 3.8) is 0 Å². The molecule has 0 radical (unpaired) electrons. The van der Waals surface area contributed by atoms with Crippen LogP contribution in [0.2, 0.25) is 0 Å². The highest BCUT2D eigenvalue weighted by atomic mass is 16.5. The lowest BCUT2D eigenvalue weighted by atomic mass is 9.79. The van der Waals surface area contributed by atoms with Crippen LogP contribution < -0.4 is 0 Å². The highest BCUT2D eigenvalue weighted by molar-refractivity contribution is 5.89. The summed E-state index contributed by atoms with van der Waals surface area (Å²) in [5.74, 6) is -1.88. The van der Waals surface area contributed by atoms with Gasteiger partial charge in [-0.25, -0.2) is 4.79 Å². The lowest BCUT2D eigenvalue weighted by Crippen LogP contribution is -2.22. The van der Waals surface area contributed by atoms with E-state index in [1.807, 2.05) is 30.3 Å². The molecule has 0 heterocycles. The van der Waals surface area contributed by atoms with Gasteiger partial charge in [-0.2, -0.15) is 0 Å². The second kappa shape index (κ2) is 8.78. The van der Waals surface area contributed by atoms with E-state index in [4.69, 9.17) is 4.74 Å². The second-order valence-corrected chi connectivity index (χ2v) is 5.53. The molecule has 0 bridgehead atoms. The highest BCUT2D eigenvalue weighted by Gasteiger charge is 2.32. The number of aldehydes is 1. The first-order valence-corrected chi connectivity index (χ1v) is 7.87. The van der Waals surface area contributed by atoms with Crippen molar-refractivity contribution in [1.29, 1.82) is 0 Å². The van der Waals surface area contributed by atoms with Gasteiger partial charge < -0.3 is 14.3 Å². The molecule has 0 spiro atoms. The quantitative estimate of drug-likeness (QED) is 0.572. The van der Waals surface area contributed by atoms with Gasteiger partial charge in [0.2, 0.25) is 0 Å². The van der Waals surface area contributed by atoms with Crippen LogP contribution in [0.15, 0.2) is 54.6 Å². The van der Waals surface area contributed by atoms with Crippen LogP contribution in [0.1, 0.15) is 39.7 Å². The summed E-state index contributed by atoms with van der Waals surface area (Å²) in [6.45, 7) is 0. The zero-order valence-corrected chi connectivity index (χ0v) is 14.2. The number of hydrogen-bond donors (Lipinski definition) is 0. The number of carbonyl (C=O) groups excluding carboxylic acids is 3. The molecule has 0 aliphatic rings. The third-order valence-corrected chi connectivity index (χ3v) is 4.13. The number of methoxy groups -OCH3 is 2. The standard InChI is InChI=1S/C20H20O5/c1-24-19(22)16-10-8-15(9-11-16)18(20(23)25-2)17(12-13-21)14-6-4-3-5-7-14/h3-11,13,17-18H,12H2,1-2H3/t17-,18-/m0/s1. The largest absolute Gasteiger partial charge is 0.469 e. The van der Waals surface area contributed by atoms with Crippen LogP contribution >= 0.6 is 0 Å². The van der Waals surface area contributed by atoms with Crippen molar-refractivity contribution in [1.82, 2.24) is 0 Å². The van der Waals surface area contributed by atoms with Crippen molar-refractivity contribution in [2.24, 2.45) is 0 Å². The first kappa shape index (κ1) is 18.4. The fourth-order valence-electron chi connectivity index (χ4n) is 2.87. The van der Waals surface area contributed by atoms with Crippen LogP contribution in [0.4, 0.5) is 0 Å². The lowest BCUT2D eigenvalue weighted by molar-refractivity contribution is -0.143. The normalized spacial score (nSPS) is 12.7. The Hall–Kier alpha value is -2.95. The molecule has 0 aliphatic carbocycles. The van der Waals surface area contributed by atoms with E-state index in [2.05, 4.69) is 4.74 Å². The summed E-state index contributed by atoms with van der Waals surface area (Å²) in [6.07, 6.45) is 0.985. The predicted octanol–water partition coefficient (Wildman–Crippen LogP) is 3.10. The Morgan fingerprint density at radius 1 is 0.920 bits per heavy atom. The molecule has 25 heavy (non-hydrogen) atoms. The number of esters is 2.